The zero-order valence-electron chi connectivity index (χ0n) is 17.0. The summed E-state index contributed by atoms with van der Waals surface area (Å²) in [5, 5.41) is 0.765. The van der Waals surface area contributed by atoms with E-state index in [1.165, 1.54) is 19.5 Å². The summed E-state index contributed by atoms with van der Waals surface area (Å²) in [7, 11) is -1.07. The van der Waals surface area contributed by atoms with Gasteiger partial charge in [0.05, 0.1) is 36.6 Å². The number of hydrogen-bond donors (Lipinski definition) is 1. The fraction of sp³-hybridized carbons (Fsp3) is 0.238. The predicted molar refractivity (Wildman–Crippen MR) is 121 cm³/mol. The average molecular weight is 452 g/mol. The van der Waals surface area contributed by atoms with Gasteiger partial charge in [0.2, 0.25) is 0 Å². The van der Waals surface area contributed by atoms with Gasteiger partial charge in [-0.15, -0.1) is 12.4 Å². The highest BCUT2D eigenvalue weighted by molar-refractivity contribution is 7.70. The second-order valence-electron chi connectivity index (χ2n) is 7.04. The average Bonchev–Trinajstić information content (AvgIpc) is 3.09. The summed E-state index contributed by atoms with van der Waals surface area (Å²) in [6, 6.07) is 10.6. The van der Waals surface area contributed by atoms with Crippen LogP contribution in [0.5, 0.6) is 0 Å². The molecule has 0 aliphatic rings. The maximum atomic E-state index is 14.0. The van der Waals surface area contributed by atoms with E-state index >= 15 is 0 Å². The maximum absolute atomic E-state index is 14.0. The van der Waals surface area contributed by atoms with Gasteiger partial charge >= 0.3 is 5.97 Å². The molecule has 3 rings (SSSR count). The number of ether oxygens (including phenoxy) is 1. The summed E-state index contributed by atoms with van der Waals surface area (Å²) < 4.78 is 32.8. The van der Waals surface area contributed by atoms with Crippen molar-refractivity contribution in [3.8, 4) is 11.1 Å². The van der Waals surface area contributed by atoms with Crippen molar-refractivity contribution in [3.05, 3.63) is 60.2 Å². The van der Waals surface area contributed by atoms with Crippen molar-refractivity contribution in [2.24, 2.45) is 5.73 Å². The van der Waals surface area contributed by atoms with Gasteiger partial charge in [-0.2, -0.15) is 0 Å². The van der Waals surface area contributed by atoms with E-state index in [2.05, 4.69) is 4.98 Å². The Morgan fingerprint density at radius 1 is 1.27 bits per heavy atom. The van der Waals surface area contributed by atoms with Crippen molar-refractivity contribution in [1.82, 2.24) is 9.55 Å². The number of hydrogen-bond acceptors (Lipinski definition) is 5. The quantitative estimate of drug-likeness (QED) is 0.452. The molecule has 0 unspecified atom stereocenters. The van der Waals surface area contributed by atoms with Crippen LogP contribution in [0.15, 0.2) is 54.6 Å². The van der Waals surface area contributed by atoms with E-state index < -0.39 is 13.1 Å². The molecule has 160 valence electrons. The van der Waals surface area contributed by atoms with E-state index in [0.29, 0.717) is 22.2 Å². The van der Waals surface area contributed by atoms with Crippen LogP contribution in [0.2, 0.25) is 0 Å². The lowest BCUT2D eigenvalue weighted by molar-refractivity contribution is 0.0601. The molecule has 2 aromatic carbocycles. The molecule has 0 aliphatic heterocycles. The molecular formula is C21H24ClFN3O3P. The van der Waals surface area contributed by atoms with Crippen LogP contribution in [0.3, 0.4) is 0 Å². The molecular weight excluding hydrogens is 428 g/mol. The van der Waals surface area contributed by atoms with Crippen LogP contribution < -0.4 is 11.0 Å². The summed E-state index contributed by atoms with van der Waals surface area (Å²) in [6.45, 7) is 3.49. The molecule has 0 spiro atoms. The number of aromatic nitrogens is 2. The molecule has 0 bridgehead atoms. The van der Waals surface area contributed by atoms with Crippen LogP contribution in [0.25, 0.3) is 22.2 Å². The summed E-state index contributed by atoms with van der Waals surface area (Å²) in [5.41, 5.74) is 8.45. The molecule has 2 N–H and O–H groups in total. The number of nitrogens with two attached hydrogens (primary N) is 1. The lowest BCUT2D eigenvalue weighted by Gasteiger charge is -2.11. The Bertz CT molecular complexity index is 1140. The van der Waals surface area contributed by atoms with E-state index in [-0.39, 0.29) is 31.3 Å². The van der Waals surface area contributed by atoms with Crippen molar-refractivity contribution in [2.45, 2.75) is 6.54 Å². The molecule has 0 atom stereocenters. The van der Waals surface area contributed by atoms with Gasteiger partial charge in [-0.05, 0) is 37.1 Å². The SMILES string of the molecule is COC(=O)c1cc(-c2ccc(P(C)(C)=O)cc2)c2ncn(CC(F)=CCN)c2c1.Cl. The van der Waals surface area contributed by atoms with Crippen LogP contribution in [0.4, 0.5) is 4.39 Å². The fourth-order valence-corrected chi connectivity index (χ4v) is 3.97. The Kier molecular flexibility index (Phi) is 7.59. The van der Waals surface area contributed by atoms with Crippen LogP contribution >= 0.6 is 19.5 Å². The van der Waals surface area contributed by atoms with Crippen molar-refractivity contribution >= 4 is 41.9 Å². The first-order valence-electron chi connectivity index (χ1n) is 9.02. The van der Waals surface area contributed by atoms with E-state index in [9.17, 15) is 13.8 Å². The fourth-order valence-electron chi connectivity index (χ4n) is 3.10. The number of halogens is 2. The lowest BCUT2D eigenvalue weighted by atomic mass is 10.0. The normalized spacial score (nSPS) is 12.0. The maximum Gasteiger partial charge on any atom is 0.337 e. The highest BCUT2D eigenvalue weighted by Gasteiger charge is 2.17. The third-order valence-electron chi connectivity index (χ3n) is 4.61. The zero-order chi connectivity index (χ0) is 21.2. The van der Waals surface area contributed by atoms with E-state index in [1.54, 1.807) is 30.0 Å². The smallest absolute Gasteiger partial charge is 0.337 e. The van der Waals surface area contributed by atoms with Gasteiger partial charge in [0.25, 0.3) is 0 Å². The number of imidazole rings is 1. The van der Waals surface area contributed by atoms with Gasteiger partial charge in [0, 0.05) is 17.4 Å². The van der Waals surface area contributed by atoms with Crippen molar-refractivity contribution in [1.29, 1.82) is 0 Å². The first kappa shape index (κ1) is 23.8. The Hall–Kier alpha value is -2.47. The molecule has 0 aliphatic carbocycles. The molecule has 3 aromatic rings. The zero-order valence-corrected chi connectivity index (χ0v) is 18.7. The monoisotopic (exact) mass is 451 g/mol. The number of methoxy groups -OCH3 is 1. The van der Waals surface area contributed by atoms with Crippen LogP contribution in [0.1, 0.15) is 10.4 Å². The summed E-state index contributed by atoms with van der Waals surface area (Å²) in [5.74, 6) is -0.884. The molecule has 0 radical (unpaired) electrons. The Balaban J connectivity index is 0.00000320. The molecule has 0 amide bonds. The number of allylic oxidation sites excluding steroid dienone is 1. The van der Waals surface area contributed by atoms with Gasteiger partial charge in [0.1, 0.15) is 13.0 Å². The minimum Gasteiger partial charge on any atom is -0.465 e. The topological polar surface area (TPSA) is 87.2 Å². The standard InChI is InChI=1S/C21H23FN3O3P.ClH/c1-28-21(26)15-10-18(14-4-6-17(7-5-14)29(2,3)27)20-19(11-15)25(13-24-20)12-16(22)8-9-23;/h4-8,10-11,13H,9,12,23H2,1-3H3;1H. The molecule has 0 fully saturated rings. The highest BCUT2D eigenvalue weighted by atomic mass is 35.5. The number of carbonyl (C=O) groups excluding carboxylic acids is 1. The molecule has 6 nitrogen and oxygen atoms in total. The molecule has 30 heavy (non-hydrogen) atoms. The molecule has 1 aromatic heterocycles. The minimum absolute atomic E-state index is 0. The van der Waals surface area contributed by atoms with Crippen molar-refractivity contribution in [3.63, 3.8) is 0 Å². The van der Waals surface area contributed by atoms with E-state index in [1.807, 2.05) is 24.3 Å². The molecule has 9 heteroatoms. The van der Waals surface area contributed by atoms with Gasteiger partial charge < -0.3 is 19.6 Å². The Morgan fingerprint density at radius 2 is 1.93 bits per heavy atom. The largest absolute Gasteiger partial charge is 0.465 e. The van der Waals surface area contributed by atoms with Gasteiger partial charge in [-0.1, -0.05) is 24.3 Å². The van der Waals surface area contributed by atoms with Crippen LogP contribution in [-0.2, 0) is 15.8 Å². The minimum atomic E-state index is -2.38. The molecule has 1 heterocycles. The first-order chi connectivity index (χ1) is 13.7. The number of nitrogens with zero attached hydrogens (tertiary/aromatic N) is 2. The van der Waals surface area contributed by atoms with Crippen LogP contribution in [-0.4, -0.2) is 42.5 Å². The number of esters is 1. The van der Waals surface area contributed by atoms with Crippen molar-refractivity contribution < 1.29 is 18.5 Å². The molecule has 0 saturated carbocycles. The first-order valence-corrected chi connectivity index (χ1v) is 11.6. The van der Waals surface area contributed by atoms with E-state index in [0.717, 1.165) is 10.9 Å². The third kappa shape index (κ3) is 4.98. The van der Waals surface area contributed by atoms with Gasteiger partial charge in [-0.25, -0.2) is 14.2 Å². The third-order valence-corrected chi connectivity index (χ3v) is 6.15. The highest BCUT2D eigenvalue weighted by Crippen LogP contribution is 2.36. The van der Waals surface area contributed by atoms with Gasteiger partial charge in [-0.3, -0.25) is 0 Å². The summed E-state index contributed by atoms with van der Waals surface area (Å²) >= 11 is 0. The second kappa shape index (κ2) is 9.56. The summed E-state index contributed by atoms with van der Waals surface area (Å²) in [6.07, 6.45) is 2.82. The second-order valence-corrected chi connectivity index (χ2v) is 10.3. The molecule has 0 saturated heterocycles. The van der Waals surface area contributed by atoms with Gasteiger partial charge in [0.15, 0.2) is 0 Å². The number of benzene rings is 2. The predicted octanol–water partition coefficient (Wildman–Crippen LogP) is 3.97. The lowest BCUT2D eigenvalue weighted by Crippen LogP contribution is -2.04. The summed E-state index contributed by atoms with van der Waals surface area (Å²) in [4.78, 5) is 16.6. The number of carbonyl (C=O) groups is 1. The van der Waals surface area contributed by atoms with Crippen LogP contribution in [0, 0.1) is 0 Å². The number of rotatable bonds is 6. The Morgan fingerprint density at radius 3 is 2.50 bits per heavy atom. The number of fused-ring (bicyclic) bond motifs is 1. The van der Waals surface area contributed by atoms with E-state index in [4.69, 9.17) is 10.5 Å². The van der Waals surface area contributed by atoms with Crippen molar-refractivity contribution in [2.75, 3.05) is 27.0 Å². The Labute approximate surface area is 180 Å².